The number of nitrogens with zero attached hydrogens (tertiary/aromatic N) is 1. The van der Waals surface area contributed by atoms with Crippen LogP contribution >= 0.6 is 0 Å². The lowest BCUT2D eigenvalue weighted by Gasteiger charge is -2.33. The highest BCUT2D eigenvalue weighted by atomic mass is 16.3. The molecular weight excluding hydrogens is 240 g/mol. The maximum absolute atomic E-state index is 12.8. The lowest BCUT2D eigenvalue weighted by molar-refractivity contribution is -0.139. The van der Waals surface area contributed by atoms with E-state index >= 15 is 0 Å². The van der Waals surface area contributed by atoms with E-state index in [1.165, 1.54) is 19.3 Å². The fourth-order valence-electron chi connectivity index (χ4n) is 3.65. The molecule has 2 saturated carbocycles. The van der Waals surface area contributed by atoms with Crippen molar-refractivity contribution in [1.82, 2.24) is 4.90 Å². The van der Waals surface area contributed by atoms with Gasteiger partial charge in [0, 0.05) is 18.6 Å². The highest BCUT2D eigenvalue weighted by Gasteiger charge is 2.34. The molecule has 0 heterocycles. The van der Waals surface area contributed by atoms with Gasteiger partial charge >= 0.3 is 0 Å². The lowest BCUT2D eigenvalue weighted by atomic mass is 9.93. The molecule has 0 saturated heterocycles. The second-order valence-electron chi connectivity index (χ2n) is 6.10. The average molecular weight is 268 g/mol. The quantitative estimate of drug-likeness (QED) is 0.762. The van der Waals surface area contributed by atoms with Crippen LogP contribution in [-0.4, -0.2) is 41.1 Å². The summed E-state index contributed by atoms with van der Waals surface area (Å²) in [7, 11) is 0. The van der Waals surface area contributed by atoms with Gasteiger partial charge in [-0.3, -0.25) is 4.79 Å². The van der Waals surface area contributed by atoms with E-state index in [1.54, 1.807) is 0 Å². The Hall–Kier alpha value is -0.610. The third kappa shape index (κ3) is 3.69. The van der Waals surface area contributed by atoms with Crippen LogP contribution in [0, 0.1) is 5.92 Å². The van der Waals surface area contributed by atoms with E-state index in [-0.39, 0.29) is 24.5 Å². The topological polar surface area (TPSA) is 66.6 Å². The Morgan fingerprint density at radius 1 is 1.05 bits per heavy atom. The summed E-state index contributed by atoms with van der Waals surface area (Å²) in [6.07, 6.45) is 9.94. The summed E-state index contributed by atoms with van der Waals surface area (Å²) < 4.78 is 0. The lowest BCUT2D eigenvalue weighted by Crippen LogP contribution is -2.48. The van der Waals surface area contributed by atoms with Crippen molar-refractivity contribution in [3.63, 3.8) is 0 Å². The van der Waals surface area contributed by atoms with E-state index < -0.39 is 0 Å². The minimum atomic E-state index is -0.0188. The molecule has 0 aromatic carbocycles. The van der Waals surface area contributed by atoms with E-state index in [4.69, 9.17) is 5.73 Å². The third-order valence-electron chi connectivity index (χ3n) is 4.78. The van der Waals surface area contributed by atoms with E-state index in [1.807, 2.05) is 4.90 Å². The van der Waals surface area contributed by atoms with Gasteiger partial charge in [0.05, 0.1) is 12.5 Å². The van der Waals surface area contributed by atoms with E-state index in [0.717, 1.165) is 38.5 Å². The molecule has 2 fully saturated rings. The first-order valence-corrected chi connectivity index (χ1v) is 7.91. The highest BCUT2D eigenvalue weighted by Crippen LogP contribution is 2.28. The van der Waals surface area contributed by atoms with Crippen molar-refractivity contribution in [2.75, 3.05) is 13.2 Å². The summed E-state index contributed by atoms with van der Waals surface area (Å²) in [5.41, 5.74) is 6.20. The molecule has 2 rings (SSSR count). The number of amides is 1. The van der Waals surface area contributed by atoms with E-state index in [2.05, 4.69) is 0 Å². The van der Waals surface area contributed by atoms with Gasteiger partial charge in [-0.2, -0.15) is 0 Å². The first-order valence-electron chi connectivity index (χ1n) is 7.91. The largest absolute Gasteiger partial charge is 0.395 e. The number of carbonyl (C=O) groups excluding carboxylic acids is 1. The van der Waals surface area contributed by atoms with Gasteiger partial charge in [-0.25, -0.2) is 0 Å². The van der Waals surface area contributed by atoms with Crippen LogP contribution < -0.4 is 5.73 Å². The minimum absolute atomic E-state index is 0.0117. The van der Waals surface area contributed by atoms with Crippen LogP contribution in [0.4, 0.5) is 0 Å². The number of aliphatic hydroxyl groups excluding tert-OH is 1. The molecule has 1 amide bonds. The molecule has 0 radical (unpaired) electrons. The standard InChI is InChI=1S/C15H28N2O2/c16-14-9-3-1-2-8-13(14)15(19)17(10-11-18)12-6-4-5-7-12/h12-14,18H,1-11,16H2. The van der Waals surface area contributed by atoms with Gasteiger partial charge in [-0.15, -0.1) is 0 Å². The number of hydrogen-bond acceptors (Lipinski definition) is 3. The van der Waals surface area contributed by atoms with Crippen LogP contribution in [0.2, 0.25) is 0 Å². The zero-order valence-corrected chi connectivity index (χ0v) is 11.9. The van der Waals surface area contributed by atoms with Crippen LogP contribution in [0.15, 0.2) is 0 Å². The van der Waals surface area contributed by atoms with Crippen molar-refractivity contribution < 1.29 is 9.90 Å². The first kappa shape index (κ1) is 14.8. The molecule has 110 valence electrons. The number of carbonyl (C=O) groups is 1. The number of hydrogen-bond donors (Lipinski definition) is 2. The second-order valence-corrected chi connectivity index (χ2v) is 6.10. The van der Waals surface area contributed by atoms with Gasteiger partial charge in [0.15, 0.2) is 0 Å². The SMILES string of the molecule is NC1CCCCCC1C(=O)N(CCO)C1CCCC1. The smallest absolute Gasteiger partial charge is 0.227 e. The summed E-state index contributed by atoms with van der Waals surface area (Å²) in [4.78, 5) is 14.7. The van der Waals surface area contributed by atoms with Crippen molar-refractivity contribution in [2.45, 2.75) is 69.9 Å². The maximum atomic E-state index is 12.8. The monoisotopic (exact) mass is 268 g/mol. The Balaban J connectivity index is 2.03. The molecule has 0 aromatic heterocycles. The zero-order valence-electron chi connectivity index (χ0n) is 11.9. The van der Waals surface area contributed by atoms with Gasteiger partial charge in [0.25, 0.3) is 0 Å². The predicted molar refractivity (Wildman–Crippen MR) is 75.6 cm³/mol. The van der Waals surface area contributed by atoms with Crippen LogP contribution in [0.1, 0.15) is 57.8 Å². The first-order chi connectivity index (χ1) is 9.24. The predicted octanol–water partition coefficient (Wildman–Crippen LogP) is 1.66. The molecule has 2 aliphatic carbocycles. The summed E-state index contributed by atoms with van der Waals surface area (Å²) in [6.45, 7) is 0.539. The molecule has 0 aromatic rings. The fraction of sp³-hybridized carbons (Fsp3) is 0.933. The summed E-state index contributed by atoms with van der Waals surface area (Å²) in [5.74, 6) is 0.185. The van der Waals surface area contributed by atoms with Crippen molar-refractivity contribution in [1.29, 1.82) is 0 Å². The molecule has 4 heteroatoms. The Kier molecular flexibility index (Phi) is 5.64. The van der Waals surface area contributed by atoms with E-state index in [9.17, 15) is 9.90 Å². The summed E-state index contributed by atoms with van der Waals surface area (Å²) in [6, 6.07) is 0.354. The number of nitrogens with two attached hydrogens (primary N) is 1. The van der Waals surface area contributed by atoms with Crippen molar-refractivity contribution in [3.8, 4) is 0 Å². The molecule has 0 spiro atoms. The van der Waals surface area contributed by atoms with Crippen LogP contribution in [0.3, 0.4) is 0 Å². The summed E-state index contributed by atoms with van der Waals surface area (Å²) in [5, 5.41) is 9.24. The van der Waals surface area contributed by atoms with Gasteiger partial charge in [0.2, 0.25) is 5.91 Å². The van der Waals surface area contributed by atoms with Crippen LogP contribution in [0.25, 0.3) is 0 Å². The van der Waals surface area contributed by atoms with Gasteiger partial charge < -0.3 is 15.7 Å². The van der Waals surface area contributed by atoms with Gasteiger partial charge in [0.1, 0.15) is 0 Å². The number of aliphatic hydroxyl groups is 1. The fourth-order valence-corrected chi connectivity index (χ4v) is 3.65. The Morgan fingerprint density at radius 3 is 2.37 bits per heavy atom. The molecule has 2 unspecified atom stereocenters. The molecule has 19 heavy (non-hydrogen) atoms. The zero-order chi connectivity index (χ0) is 13.7. The van der Waals surface area contributed by atoms with Crippen molar-refractivity contribution >= 4 is 5.91 Å². The van der Waals surface area contributed by atoms with Gasteiger partial charge in [-0.05, 0) is 25.7 Å². The Bertz CT molecular complexity index is 290. The van der Waals surface area contributed by atoms with Gasteiger partial charge in [-0.1, -0.05) is 32.1 Å². The van der Waals surface area contributed by atoms with E-state index in [0.29, 0.717) is 12.6 Å². The summed E-state index contributed by atoms with van der Waals surface area (Å²) >= 11 is 0. The molecule has 4 nitrogen and oxygen atoms in total. The molecule has 2 aliphatic rings. The molecule has 2 atom stereocenters. The maximum Gasteiger partial charge on any atom is 0.227 e. The Morgan fingerprint density at radius 2 is 1.68 bits per heavy atom. The molecule has 3 N–H and O–H groups in total. The minimum Gasteiger partial charge on any atom is -0.395 e. The molecule has 0 aliphatic heterocycles. The highest BCUT2D eigenvalue weighted by molar-refractivity contribution is 5.80. The van der Waals surface area contributed by atoms with Crippen LogP contribution in [-0.2, 0) is 4.79 Å². The van der Waals surface area contributed by atoms with Crippen molar-refractivity contribution in [3.05, 3.63) is 0 Å². The van der Waals surface area contributed by atoms with Crippen molar-refractivity contribution in [2.24, 2.45) is 11.7 Å². The average Bonchev–Trinajstić information content (AvgIpc) is 2.84. The normalized spacial score (nSPS) is 29.2. The molecule has 0 bridgehead atoms. The number of rotatable bonds is 4. The van der Waals surface area contributed by atoms with Crippen LogP contribution in [0.5, 0.6) is 0 Å². The third-order valence-corrected chi connectivity index (χ3v) is 4.78. The second kappa shape index (κ2) is 7.25. The Labute approximate surface area is 116 Å². The molecular formula is C15H28N2O2.